The number of nitrogens with zero attached hydrogens (tertiary/aromatic N) is 2. The van der Waals surface area contributed by atoms with Crippen molar-refractivity contribution in [1.82, 2.24) is 0 Å². The van der Waals surface area contributed by atoms with Crippen LogP contribution in [-0.4, -0.2) is 15.6 Å². The van der Waals surface area contributed by atoms with E-state index in [9.17, 15) is 29.4 Å². The van der Waals surface area contributed by atoms with E-state index in [4.69, 9.17) is 0 Å². The highest BCUT2D eigenvalue weighted by atomic mass is 19.1. The van der Waals surface area contributed by atoms with Gasteiger partial charge in [0.2, 0.25) is 0 Å². The van der Waals surface area contributed by atoms with E-state index in [1.165, 1.54) is 6.92 Å². The second-order valence-corrected chi connectivity index (χ2v) is 3.09. The second-order valence-electron chi connectivity index (χ2n) is 3.09. The Morgan fingerprint density at radius 1 is 1.29 bits per heavy atom. The molecule has 7 nitrogen and oxygen atoms in total. The normalized spacial score (nSPS) is 10.0. The first-order valence-corrected chi connectivity index (χ1v) is 4.54. The molecule has 0 aliphatic carbocycles. The second kappa shape index (κ2) is 4.64. The van der Waals surface area contributed by atoms with E-state index in [0.717, 1.165) is 12.1 Å². The quantitative estimate of drug-likeness (QED) is 0.457. The van der Waals surface area contributed by atoms with E-state index in [-0.39, 0.29) is 6.42 Å². The maximum Gasteiger partial charge on any atom is 0.322 e. The highest BCUT2D eigenvalue weighted by Gasteiger charge is 2.31. The number of rotatable bonds is 4. The van der Waals surface area contributed by atoms with E-state index in [2.05, 4.69) is 0 Å². The number of ketones is 1. The number of hydrogen-bond donors (Lipinski definition) is 0. The van der Waals surface area contributed by atoms with Crippen molar-refractivity contribution in [3.63, 3.8) is 0 Å². The summed E-state index contributed by atoms with van der Waals surface area (Å²) < 4.78 is 13.5. The predicted octanol–water partition coefficient (Wildman–Crippen LogP) is 2.23. The van der Waals surface area contributed by atoms with Crippen LogP contribution in [0.2, 0.25) is 0 Å². The van der Waals surface area contributed by atoms with E-state index in [1.807, 2.05) is 0 Å². The Labute approximate surface area is 94.2 Å². The van der Waals surface area contributed by atoms with Crippen LogP contribution in [0.4, 0.5) is 15.8 Å². The van der Waals surface area contributed by atoms with Gasteiger partial charge < -0.3 is 0 Å². The summed E-state index contributed by atoms with van der Waals surface area (Å²) in [5, 5.41) is 21.0. The third-order valence-corrected chi connectivity index (χ3v) is 2.10. The van der Waals surface area contributed by atoms with Crippen LogP contribution >= 0.6 is 0 Å². The molecule has 8 heteroatoms. The van der Waals surface area contributed by atoms with Gasteiger partial charge in [-0.2, -0.15) is 4.39 Å². The summed E-state index contributed by atoms with van der Waals surface area (Å²) in [6.07, 6.45) is -0.0574. The lowest BCUT2D eigenvalue weighted by molar-refractivity contribution is -0.399. The average molecular weight is 242 g/mol. The van der Waals surface area contributed by atoms with Crippen LogP contribution in [0, 0.1) is 26.0 Å². The van der Waals surface area contributed by atoms with Gasteiger partial charge in [-0.1, -0.05) is 6.92 Å². The molecule has 1 aromatic rings. The summed E-state index contributed by atoms with van der Waals surface area (Å²) in [5.74, 6) is -2.25. The van der Waals surface area contributed by atoms with Gasteiger partial charge >= 0.3 is 11.4 Å². The largest absolute Gasteiger partial charge is 0.322 e. The highest BCUT2D eigenvalue weighted by molar-refractivity contribution is 6.00. The van der Waals surface area contributed by atoms with Crippen LogP contribution < -0.4 is 0 Å². The topological polar surface area (TPSA) is 103 Å². The minimum absolute atomic E-state index is 0.0574. The summed E-state index contributed by atoms with van der Waals surface area (Å²) in [5.41, 5.74) is -2.63. The van der Waals surface area contributed by atoms with Gasteiger partial charge in [0.25, 0.3) is 5.82 Å². The molecule has 0 unspecified atom stereocenters. The van der Waals surface area contributed by atoms with Crippen molar-refractivity contribution in [3.8, 4) is 0 Å². The van der Waals surface area contributed by atoms with Gasteiger partial charge in [-0.25, -0.2) is 0 Å². The van der Waals surface area contributed by atoms with Crippen molar-refractivity contribution in [3.05, 3.63) is 43.7 Å². The van der Waals surface area contributed by atoms with Crippen molar-refractivity contribution < 1.29 is 19.0 Å². The lowest BCUT2D eigenvalue weighted by Gasteiger charge is -2.01. The van der Waals surface area contributed by atoms with Crippen LogP contribution in [0.5, 0.6) is 0 Å². The zero-order chi connectivity index (χ0) is 13.2. The van der Waals surface area contributed by atoms with Gasteiger partial charge in [0.1, 0.15) is 0 Å². The number of halogens is 1. The molecule has 0 radical (unpaired) electrons. The molecule has 0 amide bonds. The molecule has 0 aromatic heterocycles. The number of carbonyl (C=O) groups excluding carboxylic acids is 1. The van der Waals surface area contributed by atoms with Gasteiger partial charge in [0.15, 0.2) is 5.78 Å². The first-order chi connectivity index (χ1) is 7.90. The van der Waals surface area contributed by atoms with Crippen molar-refractivity contribution in [2.45, 2.75) is 13.3 Å². The fraction of sp³-hybridized carbons (Fsp3) is 0.222. The number of nitro benzene ring substituents is 2. The van der Waals surface area contributed by atoms with Crippen LogP contribution in [-0.2, 0) is 0 Å². The Hall–Kier alpha value is -2.38. The van der Waals surface area contributed by atoms with E-state index >= 15 is 0 Å². The zero-order valence-corrected chi connectivity index (χ0v) is 8.68. The van der Waals surface area contributed by atoms with E-state index in [0.29, 0.717) is 0 Å². The molecule has 0 bridgehead atoms. The van der Waals surface area contributed by atoms with Gasteiger partial charge in [-0.3, -0.25) is 25.0 Å². The van der Waals surface area contributed by atoms with Gasteiger partial charge in [-0.05, 0) is 6.07 Å². The third kappa shape index (κ3) is 2.25. The molecule has 0 atom stereocenters. The minimum Gasteiger partial charge on any atom is -0.294 e. The first kappa shape index (κ1) is 12.7. The molecule has 17 heavy (non-hydrogen) atoms. The number of Topliss-reactive ketones (excluding diaryl/α,β-unsaturated/α-hetero) is 1. The van der Waals surface area contributed by atoms with Crippen LogP contribution in [0.1, 0.15) is 23.7 Å². The maximum atomic E-state index is 13.5. The molecule has 0 spiro atoms. The van der Waals surface area contributed by atoms with Crippen LogP contribution in [0.15, 0.2) is 12.1 Å². The number of nitro groups is 2. The molecule has 0 saturated carbocycles. The monoisotopic (exact) mass is 242 g/mol. The molecular formula is C9H7FN2O5. The molecular weight excluding hydrogens is 235 g/mol. The SMILES string of the molecule is CCC(=O)c1ccc([N+](=O)[O-])c(F)c1[N+](=O)[O-]. The molecule has 0 N–H and O–H groups in total. The number of hydrogen-bond acceptors (Lipinski definition) is 5. The van der Waals surface area contributed by atoms with Crippen LogP contribution in [0.25, 0.3) is 0 Å². The van der Waals surface area contributed by atoms with E-state index in [1.54, 1.807) is 0 Å². The van der Waals surface area contributed by atoms with E-state index < -0.39 is 38.4 Å². The Morgan fingerprint density at radius 3 is 2.29 bits per heavy atom. The summed E-state index contributed by atoms with van der Waals surface area (Å²) in [6.45, 7) is 1.45. The molecule has 90 valence electrons. The summed E-state index contributed by atoms with van der Waals surface area (Å²) in [7, 11) is 0. The maximum absolute atomic E-state index is 13.5. The van der Waals surface area contributed by atoms with Crippen molar-refractivity contribution in [2.75, 3.05) is 0 Å². The summed E-state index contributed by atoms with van der Waals surface area (Å²) >= 11 is 0. The molecule has 1 rings (SSSR count). The Balaban J connectivity index is 3.56. The van der Waals surface area contributed by atoms with Gasteiger partial charge in [-0.15, -0.1) is 0 Å². The Morgan fingerprint density at radius 2 is 1.88 bits per heavy atom. The van der Waals surface area contributed by atoms with Crippen LogP contribution in [0.3, 0.4) is 0 Å². The number of benzene rings is 1. The van der Waals surface area contributed by atoms with Gasteiger partial charge in [0.05, 0.1) is 15.4 Å². The smallest absolute Gasteiger partial charge is 0.294 e. The molecule has 0 saturated heterocycles. The molecule has 0 aliphatic rings. The zero-order valence-electron chi connectivity index (χ0n) is 8.68. The lowest BCUT2D eigenvalue weighted by Crippen LogP contribution is -2.07. The fourth-order valence-electron chi connectivity index (χ4n) is 1.29. The minimum atomic E-state index is -1.60. The highest BCUT2D eigenvalue weighted by Crippen LogP contribution is 2.30. The first-order valence-electron chi connectivity index (χ1n) is 4.54. The Bertz CT molecular complexity index is 514. The molecule has 1 aromatic carbocycles. The molecule has 0 heterocycles. The summed E-state index contributed by atoms with van der Waals surface area (Å²) in [6, 6.07) is 1.64. The van der Waals surface area contributed by atoms with Crippen molar-refractivity contribution >= 4 is 17.2 Å². The molecule has 0 aliphatic heterocycles. The Kier molecular flexibility index (Phi) is 3.46. The van der Waals surface area contributed by atoms with Gasteiger partial charge in [0, 0.05) is 12.5 Å². The van der Waals surface area contributed by atoms with Crippen molar-refractivity contribution in [2.24, 2.45) is 0 Å². The lowest BCUT2D eigenvalue weighted by atomic mass is 10.1. The fourth-order valence-corrected chi connectivity index (χ4v) is 1.29. The molecule has 0 fully saturated rings. The summed E-state index contributed by atoms with van der Waals surface area (Å²) in [4.78, 5) is 30.2. The van der Waals surface area contributed by atoms with Crippen molar-refractivity contribution in [1.29, 1.82) is 0 Å². The third-order valence-electron chi connectivity index (χ3n) is 2.10. The number of carbonyl (C=O) groups is 1. The standard InChI is InChI=1S/C9H7FN2O5/c1-2-7(13)5-3-4-6(11(14)15)8(10)9(5)12(16)17/h3-4H,2H2,1H3. The average Bonchev–Trinajstić information content (AvgIpc) is 2.26. The predicted molar refractivity (Wildman–Crippen MR) is 54.3 cm³/mol.